The molecule has 118 valence electrons. The van der Waals surface area contributed by atoms with Crippen LogP contribution in [0.1, 0.15) is 32.6 Å². The van der Waals surface area contributed by atoms with Gasteiger partial charge in [0.1, 0.15) is 5.69 Å². The maximum Gasteiger partial charge on any atom is 0.185 e. The lowest BCUT2D eigenvalue weighted by Gasteiger charge is -2.20. The molecule has 6 heteroatoms. The Morgan fingerprint density at radius 1 is 1.10 bits per heavy atom. The molecule has 1 aliphatic rings. The molecule has 1 fully saturated rings. The molecule has 1 saturated heterocycles. The zero-order chi connectivity index (χ0) is 15.4. The van der Waals surface area contributed by atoms with Gasteiger partial charge < -0.3 is 10.2 Å². The number of rotatable bonds is 4. The first-order valence-corrected chi connectivity index (χ1v) is 7.34. The second-order valence-electron chi connectivity index (χ2n) is 5.46. The molecule has 0 aliphatic carbocycles. The summed E-state index contributed by atoms with van der Waals surface area (Å²) < 4.78 is 53.7. The number of likely N-dealkylation sites (tertiary alicyclic amines) is 1. The maximum atomic E-state index is 13.6. The van der Waals surface area contributed by atoms with Crippen LogP contribution in [-0.4, -0.2) is 30.6 Å². The van der Waals surface area contributed by atoms with Crippen molar-refractivity contribution in [1.82, 2.24) is 4.90 Å². The average Bonchev–Trinajstić information content (AvgIpc) is 2.67. The number of halogens is 4. The Labute approximate surface area is 122 Å². The number of hydrogen-bond donors (Lipinski definition) is 1. The molecule has 0 radical (unpaired) electrons. The number of nitrogens with one attached hydrogen (secondary N) is 1. The predicted octanol–water partition coefficient (Wildman–Crippen LogP) is 3.92. The molecule has 1 unspecified atom stereocenters. The first-order valence-electron chi connectivity index (χ1n) is 7.34. The van der Waals surface area contributed by atoms with E-state index in [-0.39, 0.29) is 12.1 Å². The van der Waals surface area contributed by atoms with E-state index < -0.39 is 29.0 Å². The molecule has 0 bridgehead atoms. The van der Waals surface area contributed by atoms with Crippen LogP contribution in [0.25, 0.3) is 0 Å². The predicted molar refractivity (Wildman–Crippen MR) is 74.3 cm³/mol. The Balaban J connectivity index is 2.08. The quantitative estimate of drug-likeness (QED) is 0.670. The van der Waals surface area contributed by atoms with E-state index in [1.807, 2.05) is 0 Å². The molecule has 1 aromatic carbocycles. The van der Waals surface area contributed by atoms with E-state index in [4.69, 9.17) is 0 Å². The Bertz CT molecular complexity index is 467. The summed E-state index contributed by atoms with van der Waals surface area (Å²) in [6.07, 6.45) is 3.35. The Morgan fingerprint density at radius 2 is 1.76 bits per heavy atom. The minimum absolute atomic E-state index is 0.183. The summed E-state index contributed by atoms with van der Waals surface area (Å²) in [5, 5.41) is 2.65. The van der Waals surface area contributed by atoms with Crippen LogP contribution in [-0.2, 0) is 0 Å². The first-order chi connectivity index (χ1) is 10.0. The van der Waals surface area contributed by atoms with Crippen molar-refractivity contribution in [2.24, 2.45) is 0 Å². The fourth-order valence-corrected chi connectivity index (χ4v) is 2.74. The van der Waals surface area contributed by atoms with Crippen LogP contribution in [0.5, 0.6) is 0 Å². The third kappa shape index (κ3) is 3.87. The summed E-state index contributed by atoms with van der Waals surface area (Å²) >= 11 is 0. The highest BCUT2D eigenvalue weighted by Gasteiger charge is 2.23. The fourth-order valence-electron chi connectivity index (χ4n) is 2.74. The van der Waals surface area contributed by atoms with Gasteiger partial charge >= 0.3 is 0 Å². The number of benzene rings is 1. The summed E-state index contributed by atoms with van der Waals surface area (Å²) in [6.45, 7) is 4.84. The van der Waals surface area contributed by atoms with E-state index in [1.54, 1.807) is 0 Å². The van der Waals surface area contributed by atoms with E-state index in [9.17, 15) is 17.6 Å². The Kier molecular flexibility index (Phi) is 5.45. The molecule has 1 atom stereocenters. The number of anilines is 1. The van der Waals surface area contributed by atoms with Crippen LogP contribution >= 0.6 is 0 Å². The minimum Gasteiger partial charge on any atom is -0.377 e. The van der Waals surface area contributed by atoms with Crippen molar-refractivity contribution in [3.63, 3.8) is 0 Å². The van der Waals surface area contributed by atoms with Crippen LogP contribution in [0.15, 0.2) is 6.07 Å². The van der Waals surface area contributed by atoms with E-state index in [0.29, 0.717) is 6.42 Å². The van der Waals surface area contributed by atoms with Gasteiger partial charge in [-0.3, -0.25) is 0 Å². The molecule has 1 aliphatic heterocycles. The molecule has 2 nitrogen and oxygen atoms in total. The Morgan fingerprint density at radius 3 is 2.38 bits per heavy atom. The van der Waals surface area contributed by atoms with Crippen molar-refractivity contribution in [3.8, 4) is 0 Å². The highest BCUT2D eigenvalue weighted by molar-refractivity contribution is 5.48. The van der Waals surface area contributed by atoms with Crippen molar-refractivity contribution in [2.75, 3.05) is 25.0 Å². The fraction of sp³-hybridized carbons (Fsp3) is 0.600. The second kappa shape index (κ2) is 7.11. The smallest absolute Gasteiger partial charge is 0.185 e. The van der Waals surface area contributed by atoms with Gasteiger partial charge in [0, 0.05) is 18.7 Å². The third-order valence-electron chi connectivity index (χ3n) is 3.82. The zero-order valence-electron chi connectivity index (χ0n) is 12.1. The topological polar surface area (TPSA) is 15.3 Å². The van der Waals surface area contributed by atoms with Gasteiger partial charge in [-0.05, 0) is 38.8 Å². The maximum absolute atomic E-state index is 13.6. The minimum atomic E-state index is -1.38. The lowest BCUT2D eigenvalue weighted by Crippen LogP contribution is -2.27. The molecular formula is C15H20F4N2. The summed E-state index contributed by atoms with van der Waals surface area (Å²) in [6, 6.07) is 0.0448. The van der Waals surface area contributed by atoms with Crippen LogP contribution in [0.2, 0.25) is 0 Å². The van der Waals surface area contributed by atoms with Gasteiger partial charge in [0.15, 0.2) is 23.3 Å². The summed E-state index contributed by atoms with van der Waals surface area (Å²) in [4.78, 5) is 2.29. The van der Waals surface area contributed by atoms with E-state index in [1.165, 1.54) is 0 Å². The highest BCUT2D eigenvalue weighted by atomic mass is 19.2. The molecule has 21 heavy (non-hydrogen) atoms. The van der Waals surface area contributed by atoms with Gasteiger partial charge in [0.2, 0.25) is 0 Å². The second-order valence-corrected chi connectivity index (χ2v) is 5.46. The van der Waals surface area contributed by atoms with Crippen LogP contribution in [0, 0.1) is 23.3 Å². The molecule has 0 aromatic heterocycles. The summed E-state index contributed by atoms with van der Waals surface area (Å²) in [7, 11) is 0. The molecule has 2 rings (SSSR count). The SMILES string of the molecule is CCCN1CCCC(Nc2c(F)c(F)cc(F)c2F)CC1. The third-order valence-corrected chi connectivity index (χ3v) is 3.82. The van der Waals surface area contributed by atoms with Crippen molar-refractivity contribution < 1.29 is 17.6 Å². The molecule has 1 N–H and O–H groups in total. The van der Waals surface area contributed by atoms with Gasteiger partial charge in [0.05, 0.1) is 0 Å². The molecule has 0 amide bonds. The van der Waals surface area contributed by atoms with E-state index >= 15 is 0 Å². The van der Waals surface area contributed by atoms with Gasteiger partial charge in [-0.25, -0.2) is 17.6 Å². The number of nitrogens with zero attached hydrogens (tertiary/aromatic N) is 1. The van der Waals surface area contributed by atoms with Gasteiger partial charge in [-0.15, -0.1) is 0 Å². The zero-order valence-corrected chi connectivity index (χ0v) is 12.1. The highest BCUT2D eigenvalue weighted by Crippen LogP contribution is 2.26. The average molecular weight is 304 g/mol. The van der Waals surface area contributed by atoms with Gasteiger partial charge in [-0.1, -0.05) is 6.92 Å². The lowest BCUT2D eigenvalue weighted by molar-refractivity contribution is 0.285. The number of hydrogen-bond acceptors (Lipinski definition) is 2. The molecule has 0 spiro atoms. The molecule has 0 saturated carbocycles. The normalized spacial score (nSPS) is 20.3. The van der Waals surface area contributed by atoms with Gasteiger partial charge in [0.25, 0.3) is 0 Å². The summed E-state index contributed by atoms with van der Waals surface area (Å²) in [5.74, 6) is -5.47. The monoisotopic (exact) mass is 304 g/mol. The molecular weight excluding hydrogens is 284 g/mol. The Hall–Kier alpha value is -1.30. The van der Waals surface area contributed by atoms with Crippen LogP contribution < -0.4 is 5.32 Å². The first kappa shape index (κ1) is 16.1. The van der Waals surface area contributed by atoms with Crippen LogP contribution in [0.4, 0.5) is 23.2 Å². The summed E-state index contributed by atoms with van der Waals surface area (Å²) in [5.41, 5.74) is -0.693. The van der Waals surface area contributed by atoms with Crippen molar-refractivity contribution in [1.29, 1.82) is 0 Å². The standard InChI is InChI=1S/C15H20F4N2/c1-2-6-21-7-3-4-10(5-8-21)20-15-13(18)11(16)9-12(17)14(15)19/h9-10,20H,2-8H2,1H3. The van der Waals surface area contributed by atoms with Crippen LogP contribution in [0.3, 0.4) is 0 Å². The molecule has 1 aromatic rings. The molecule has 1 heterocycles. The van der Waals surface area contributed by atoms with Crippen molar-refractivity contribution in [3.05, 3.63) is 29.3 Å². The lowest BCUT2D eigenvalue weighted by atomic mass is 10.1. The van der Waals surface area contributed by atoms with Crippen molar-refractivity contribution >= 4 is 5.69 Å². The van der Waals surface area contributed by atoms with Gasteiger partial charge in [-0.2, -0.15) is 0 Å². The largest absolute Gasteiger partial charge is 0.377 e. The van der Waals surface area contributed by atoms with E-state index in [0.717, 1.165) is 38.9 Å². The van der Waals surface area contributed by atoms with Crippen molar-refractivity contribution in [2.45, 2.75) is 38.6 Å². The van der Waals surface area contributed by atoms with E-state index in [2.05, 4.69) is 17.1 Å².